The van der Waals surface area contributed by atoms with Gasteiger partial charge in [0.25, 0.3) is 0 Å². The normalized spacial score (nSPS) is 13.7. The van der Waals surface area contributed by atoms with Gasteiger partial charge in [0, 0.05) is 20.0 Å². The second kappa shape index (κ2) is 7.09. The molecule has 0 radical (unpaired) electrons. The van der Waals surface area contributed by atoms with Crippen LogP contribution in [0.4, 0.5) is 0 Å². The molecule has 0 heterocycles. The number of hydrogen-bond acceptors (Lipinski definition) is 5. The fraction of sp³-hybridized carbons (Fsp3) is 0.900. The summed E-state index contributed by atoms with van der Waals surface area (Å²) in [4.78, 5) is 11.4. The van der Waals surface area contributed by atoms with Crippen LogP contribution >= 0.6 is 11.8 Å². The molecule has 0 rings (SSSR count). The highest BCUT2D eigenvalue weighted by atomic mass is 32.2. The second-order valence-corrected chi connectivity index (χ2v) is 4.95. The highest BCUT2D eigenvalue weighted by molar-refractivity contribution is 7.99. The van der Waals surface area contributed by atoms with E-state index in [9.17, 15) is 4.79 Å². The minimum absolute atomic E-state index is 0.0427. The van der Waals surface area contributed by atoms with Gasteiger partial charge in [-0.25, -0.2) is 0 Å². The van der Waals surface area contributed by atoms with Gasteiger partial charge >= 0.3 is 5.97 Å². The first-order valence-corrected chi connectivity index (χ1v) is 5.74. The molecule has 0 saturated heterocycles. The molecule has 1 atom stereocenters. The van der Waals surface area contributed by atoms with Crippen LogP contribution in [0.25, 0.3) is 0 Å². The summed E-state index contributed by atoms with van der Waals surface area (Å²) in [5.41, 5.74) is -0.539. The van der Waals surface area contributed by atoms with Gasteiger partial charge in [0.2, 0.25) is 0 Å². The van der Waals surface area contributed by atoms with Crippen LogP contribution in [-0.2, 0) is 19.0 Å². The topological polar surface area (TPSA) is 44.8 Å². The van der Waals surface area contributed by atoms with E-state index in [0.717, 1.165) is 0 Å². The Morgan fingerprint density at radius 1 is 1.33 bits per heavy atom. The van der Waals surface area contributed by atoms with Gasteiger partial charge in [0.05, 0.1) is 19.1 Å². The maximum absolute atomic E-state index is 11.4. The standard InChI is InChI=1S/C10H20O4S/c1-10(2,9(11)14-5)7-15-8(13-4)6-12-3/h8H,6-7H2,1-5H3. The number of esters is 1. The Balaban J connectivity index is 4.05. The third-order valence-electron chi connectivity index (χ3n) is 1.93. The predicted molar refractivity (Wildman–Crippen MR) is 60.9 cm³/mol. The molecule has 90 valence electrons. The van der Waals surface area contributed by atoms with Crippen molar-refractivity contribution < 1.29 is 19.0 Å². The van der Waals surface area contributed by atoms with Crippen LogP contribution < -0.4 is 0 Å². The maximum Gasteiger partial charge on any atom is 0.312 e. The summed E-state index contributed by atoms with van der Waals surface area (Å²) in [6.45, 7) is 4.22. The molecule has 0 aromatic heterocycles. The Labute approximate surface area is 95.6 Å². The maximum atomic E-state index is 11.4. The summed E-state index contributed by atoms with van der Waals surface area (Å²) in [6.07, 6.45) is 0. The Bertz CT molecular complexity index is 194. The highest BCUT2D eigenvalue weighted by Gasteiger charge is 2.29. The number of carbonyl (C=O) groups excluding carboxylic acids is 1. The first kappa shape index (κ1) is 14.7. The van der Waals surface area contributed by atoms with Crippen LogP contribution in [0.3, 0.4) is 0 Å². The van der Waals surface area contributed by atoms with Gasteiger partial charge in [-0.1, -0.05) is 0 Å². The molecule has 15 heavy (non-hydrogen) atoms. The zero-order valence-electron chi connectivity index (χ0n) is 10.0. The van der Waals surface area contributed by atoms with E-state index in [4.69, 9.17) is 14.2 Å². The number of methoxy groups -OCH3 is 3. The molecular weight excluding hydrogens is 216 g/mol. The van der Waals surface area contributed by atoms with Crippen molar-refractivity contribution in [3.63, 3.8) is 0 Å². The molecule has 0 aromatic rings. The van der Waals surface area contributed by atoms with Crippen molar-refractivity contribution in [3.8, 4) is 0 Å². The van der Waals surface area contributed by atoms with E-state index in [0.29, 0.717) is 12.4 Å². The Kier molecular flexibility index (Phi) is 6.96. The third-order valence-corrected chi connectivity index (χ3v) is 3.52. The van der Waals surface area contributed by atoms with Crippen LogP contribution in [0.5, 0.6) is 0 Å². The van der Waals surface area contributed by atoms with E-state index in [1.165, 1.54) is 7.11 Å². The fourth-order valence-corrected chi connectivity index (χ4v) is 2.05. The first-order valence-electron chi connectivity index (χ1n) is 4.69. The van der Waals surface area contributed by atoms with Gasteiger partial charge in [0.15, 0.2) is 0 Å². The SMILES string of the molecule is COCC(OC)SCC(C)(C)C(=O)OC. The van der Waals surface area contributed by atoms with Crippen molar-refractivity contribution in [2.24, 2.45) is 5.41 Å². The predicted octanol–water partition coefficient (Wildman–Crippen LogP) is 1.54. The van der Waals surface area contributed by atoms with E-state index < -0.39 is 5.41 Å². The molecule has 0 fully saturated rings. The molecule has 0 bridgehead atoms. The van der Waals surface area contributed by atoms with E-state index >= 15 is 0 Å². The summed E-state index contributed by atoms with van der Waals surface area (Å²) in [5, 5.41) is 0. The number of carbonyl (C=O) groups is 1. The van der Waals surface area contributed by atoms with Crippen LogP contribution in [0, 0.1) is 5.41 Å². The number of hydrogen-bond donors (Lipinski definition) is 0. The van der Waals surface area contributed by atoms with Crippen molar-refractivity contribution in [3.05, 3.63) is 0 Å². The average Bonchev–Trinajstić information content (AvgIpc) is 2.22. The molecule has 1 unspecified atom stereocenters. The first-order chi connectivity index (χ1) is 6.97. The fourth-order valence-electron chi connectivity index (χ4n) is 0.957. The molecule has 0 aliphatic carbocycles. The minimum atomic E-state index is -0.496. The lowest BCUT2D eigenvalue weighted by Crippen LogP contribution is -2.29. The monoisotopic (exact) mass is 236 g/mol. The van der Waals surface area contributed by atoms with Gasteiger partial charge in [-0.2, -0.15) is 0 Å². The number of rotatable bonds is 7. The molecule has 0 saturated carbocycles. The van der Waals surface area contributed by atoms with Crippen LogP contribution in [0.15, 0.2) is 0 Å². The average molecular weight is 236 g/mol. The molecule has 0 aromatic carbocycles. The zero-order valence-corrected chi connectivity index (χ0v) is 10.8. The van der Waals surface area contributed by atoms with E-state index in [1.54, 1.807) is 26.0 Å². The quantitative estimate of drug-likeness (QED) is 0.495. The van der Waals surface area contributed by atoms with Gasteiger partial charge < -0.3 is 14.2 Å². The van der Waals surface area contributed by atoms with Crippen molar-refractivity contribution in [2.45, 2.75) is 19.3 Å². The lowest BCUT2D eigenvalue weighted by Gasteiger charge is -2.23. The van der Waals surface area contributed by atoms with E-state index in [1.807, 2.05) is 13.8 Å². The third kappa shape index (κ3) is 5.39. The summed E-state index contributed by atoms with van der Waals surface area (Å²) in [7, 11) is 4.65. The zero-order chi connectivity index (χ0) is 11.9. The summed E-state index contributed by atoms with van der Waals surface area (Å²) >= 11 is 1.55. The molecule has 4 nitrogen and oxygen atoms in total. The van der Waals surface area contributed by atoms with Gasteiger partial charge in [-0.15, -0.1) is 11.8 Å². The highest BCUT2D eigenvalue weighted by Crippen LogP contribution is 2.26. The molecule has 5 heteroatoms. The largest absolute Gasteiger partial charge is 0.469 e. The van der Waals surface area contributed by atoms with E-state index in [2.05, 4.69) is 0 Å². The Hall–Kier alpha value is -0.260. The smallest absolute Gasteiger partial charge is 0.312 e. The number of thioether (sulfide) groups is 1. The van der Waals surface area contributed by atoms with Crippen molar-refractivity contribution >= 4 is 17.7 Å². The van der Waals surface area contributed by atoms with Gasteiger partial charge in [-0.3, -0.25) is 4.79 Å². The Morgan fingerprint density at radius 3 is 2.33 bits per heavy atom. The molecule has 0 aliphatic heterocycles. The van der Waals surface area contributed by atoms with Crippen LogP contribution in [-0.4, -0.2) is 45.1 Å². The summed E-state index contributed by atoms with van der Waals surface area (Å²) in [6, 6.07) is 0. The lowest BCUT2D eigenvalue weighted by atomic mass is 9.97. The van der Waals surface area contributed by atoms with Crippen molar-refractivity contribution in [1.82, 2.24) is 0 Å². The van der Waals surface area contributed by atoms with Gasteiger partial charge in [-0.05, 0) is 13.8 Å². The molecule has 0 spiro atoms. The lowest BCUT2D eigenvalue weighted by molar-refractivity contribution is -0.149. The van der Waals surface area contributed by atoms with E-state index in [-0.39, 0.29) is 11.4 Å². The van der Waals surface area contributed by atoms with Crippen LogP contribution in [0.1, 0.15) is 13.8 Å². The molecule has 0 aliphatic rings. The Morgan fingerprint density at radius 2 is 1.93 bits per heavy atom. The van der Waals surface area contributed by atoms with Crippen molar-refractivity contribution in [2.75, 3.05) is 33.7 Å². The summed E-state index contributed by atoms with van der Waals surface area (Å²) < 4.78 is 14.9. The summed E-state index contributed by atoms with van der Waals surface area (Å²) in [5.74, 6) is 0.434. The molecule has 0 amide bonds. The van der Waals surface area contributed by atoms with Gasteiger partial charge in [0.1, 0.15) is 5.44 Å². The molecular formula is C10H20O4S. The minimum Gasteiger partial charge on any atom is -0.469 e. The van der Waals surface area contributed by atoms with Crippen molar-refractivity contribution in [1.29, 1.82) is 0 Å². The molecule has 0 N–H and O–H groups in total. The second-order valence-electron chi connectivity index (χ2n) is 3.81. The van der Waals surface area contributed by atoms with Crippen LogP contribution in [0.2, 0.25) is 0 Å². The number of ether oxygens (including phenoxy) is 3.